The molecule has 19 heavy (non-hydrogen) atoms. The van der Waals surface area contributed by atoms with Crippen molar-refractivity contribution in [2.45, 2.75) is 10.6 Å². The van der Waals surface area contributed by atoms with Crippen LogP contribution in [0.25, 0.3) is 0 Å². The van der Waals surface area contributed by atoms with E-state index in [2.05, 4.69) is 15.9 Å². The smallest absolute Gasteiger partial charge is 0.141 e. The van der Waals surface area contributed by atoms with E-state index in [1.165, 1.54) is 12.1 Å². The minimum Gasteiger partial charge on any atom is -0.398 e. The Morgan fingerprint density at radius 2 is 2.00 bits per heavy atom. The molecule has 1 atom stereocenters. The van der Waals surface area contributed by atoms with Crippen molar-refractivity contribution in [3.05, 3.63) is 57.3 Å². The summed E-state index contributed by atoms with van der Waals surface area (Å²) in [4.78, 5) is 0.551. The zero-order valence-corrected chi connectivity index (χ0v) is 12.9. The van der Waals surface area contributed by atoms with E-state index in [-0.39, 0.29) is 10.8 Å². The number of nitrogen functional groups attached to an aromatic ring is 1. The van der Waals surface area contributed by atoms with E-state index < -0.39 is 16.6 Å². The summed E-state index contributed by atoms with van der Waals surface area (Å²) < 4.78 is 26.1. The Balaban J connectivity index is 2.25. The Morgan fingerprint density at radius 1 is 1.26 bits per heavy atom. The predicted molar refractivity (Wildman–Crippen MR) is 80.1 cm³/mol. The third kappa shape index (κ3) is 3.55. The van der Waals surface area contributed by atoms with Crippen LogP contribution in [0, 0.1) is 5.82 Å². The summed E-state index contributed by atoms with van der Waals surface area (Å²) in [5.41, 5.74) is 6.96. The number of nitrogens with two attached hydrogens (primary N) is 1. The summed E-state index contributed by atoms with van der Waals surface area (Å²) in [6.45, 7) is 0. The van der Waals surface area contributed by atoms with Crippen LogP contribution in [-0.4, -0.2) is 4.21 Å². The SMILES string of the molecule is Nc1ccc(Br)cc1S(=O)Cc1ccc(F)c(Cl)c1. The van der Waals surface area contributed by atoms with Crippen LogP contribution in [0.2, 0.25) is 5.02 Å². The van der Waals surface area contributed by atoms with E-state index in [0.717, 1.165) is 4.47 Å². The van der Waals surface area contributed by atoms with E-state index in [4.69, 9.17) is 17.3 Å². The molecule has 0 aliphatic carbocycles. The largest absolute Gasteiger partial charge is 0.398 e. The molecule has 2 rings (SSSR count). The second-order valence-corrected chi connectivity index (χ2v) is 6.66. The predicted octanol–water partition coefficient (Wildman–Crippen LogP) is 4.13. The first kappa shape index (κ1) is 14.5. The van der Waals surface area contributed by atoms with Crippen LogP contribution in [0.4, 0.5) is 10.1 Å². The van der Waals surface area contributed by atoms with Gasteiger partial charge in [-0.1, -0.05) is 33.6 Å². The van der Waals surface area contributed by atoms with Gasteiger partial charge in [0.1, 0.15) is 5.82 Å². The molecular weight excluding hydrogens is 353 g/mol. The maximum Gasteiger partial charge on any atom is 0.141 e. The van der Waals surface area contributed by atoms with Gasteiger partial charge in [-0.05, 0) is 35.9 Å². The number of halogens is 3. The maximum atomic E-state index is 13.0. The zero-order chi connectivity index (χ0) is 14.0. The first-order valence-electron chi connectivity index (χ1n) is 5.34. The minimum atomic E-state index is -1.31. The molecular formula is C13H10BrClFNOS. The molecule has 2 nitrogen and oxygen atoms in total. The first-order chi connectivity index (χ1) is 8.97. The van der Waals surface area contributed by atoms with Crippen molar-refractivity contribution in [1.29, 1.82) is 0 Å². The molecule has 0 aliphatic rings. The highest BCUT2D eigenvalue weighted by Gasteiger charge is 2.11. The van der Waals surface area contributed by atoms with Crippen LogP contribution in [-0.2, 0) is 16.6 Å². The fraction of sp³-hybridized carbons (Fsp3) is 0.0769. The lowest BCUT2D eigenvalue weighted by molar-refractivity contribution is 0.627. The molecule has 0 spiro atoms. The molecule has 0 saturated heterocycles. The average Bonchev–Trinajstić information content (AvgIpc) is 2.36. The topological polar surface area (TPSA) is 43.1 Å². The summed E-state index contributed by atoms with van der Waals surface area (Å²) in [6.07, 6.45) is 0. The van der Waals surface area contributed by atoms with Crippen molar-refractivity contribution in [3.63, 3.8) is 0 Å². The van der Waals surface area contributed by atoms with Gasteiger partial charge in [0.15, 0.2) is 0 Å². The normalized spacial score (nSPS) is 12.4. The standard InChI is InChI=1S/C13H10BrClFNOS/c14-9-2-4-12(17)13(6-9)19(18)7-8-1-3-11(16)10(15)5-8/h1-6H,7,17H2. The van der Waals surface area contributed by atoms with Gasteiger partial charge in [-0.15, -0.1) is 0 Å². The third-order valence-electron chi connectivity index (χ3n) is 2.50. The monoisotopic (exact) mass is 361 g/mol. The van der Waals surface area contributed by atoms with Gasteiger partial charge in [0.05, 0.1) is 26.5 Å². The number of hydrogen-bond donors (Lipinski definition) is 1. The van der Waals surface area contributed by atoms with Gasteiger partial charge in [0.25, 0.3) is 0 Å². The first-order valence-corrected chi connectivity index (χ1v) is 7.83. The molecule has 2 N–H and O–H groups in total. The lowest BCUT2D eigenvalue weighted by Gasteiger charge is -2.07. The summed E-state index contributed by atoms with van der Waals surface area (Å²) in [7, 11) is -1.31. The van der Waals surface area contributed by atoms with Gasteiger partial charge in [-0.2, -0.15) is 0 Å². The van der Waals surface area contributed by atoms with E-state index in [1.54, 1.807) is 24.3 Å². The third-order valence-corrected chi connectivity index (χ3v) is 4.73. The van der Waals surface area contributed by atoms with Crippen molar-refractivity contribution >= 4 is 44.0 Å². The number of anilines is 1. The highest BCUT2D eigenvalue weighted by molar-refractivity contribution is 9.10. The molecule has 6 heteroatoms. The molecule has 100 valence electrons. The van der Waals surface area contributed by atoms with Crippen LogP contribution < -0.4 is 5.73 Å². The Morgan fingerprint density at radius 3 is 2.68 bits per heavy atom. The Bertz CT molecular complexity index is 651. The quantitative estimate of drug-likeness (QED) is 0.834. The van der Waals surface area contributed by atoms with Crippen molar-refractivity contribution in [3.8, 4) is 0 Å². The van der Waals surface area contributed by atoms with Gasteiger partial charge in [0, 0.05) is 10.2 Å². The molecule has 0 amide bonds. The molecule has 0 aliphatic heterocycles. The molecule has 0 saturated carbocycles. The summed E-state index contributed by atoms with van der Waals surface area (Å²) >= 11 is 9.00. The molecule has 0 aromatic heterocycles. The van der Waals surface area contributed by atoms with E-state index in [1.807, 2.05) is 0 Å². The van der Waals surface area contributed by atoms with Crippen LogP contribution in [0.3, 0.4) is 0 Å². The lowest BCUT2D eigenvalue weighted by atomic mass is 10.2. The second kappa shape index (κ2) is 6.03. The highest BCUT2D eigenvalue weighted by Crippen LogP contribution is 2.24. The maximum absolute atomic E-state index is 13.0. The molecule has 0 bridgehead atoms. The highest BCUT2D eigenvalue weighted by atomic mass is 79.9. The van der Waals surface area contributed by atoms with Crippen molar-refractivity contribution in [1.82, 2.24) is 0 Å². The fourth-order valence-corrected chi connectivity index (χ4v) is 3.51. The van der Waals surface area contributed by atoms with Crippen molar-refractivity contribution in [2.24, 2.45) is 0 Å². The number of benzene rings is 2. The molecule has 1 unspecified atom stereocenters. The van der Waals surface area contributed by atoms with Gasteiger partial charge in [-0.25, -0.2) is 4.39 Å². The summed E-state index contributed by atoms with van der Waals surface area (Å²) in [6, 6.07) is 9.49. The zero-order valence-electron chi connectivity index (χ0n) is 9.70. The molecule has 0 heterocycles. The summed E-state index contributed by atoms with van der Waals surface area (Å²) in [5.74, 6) is -0.251. The minimum absolute atomic E-state index is 0.0247. The Kier molecular flexibility index (Phi) is 4.60. The van der Waals surface area contributed by atoms with Gasteiger partial charge < -0.3 is 5.73 Å². The Hall–Kier alpha value is -0.910. The second-order valence-electron chi connectivity index (χ2n) is 3.92. The molecule has 0 radical (unpaired) electrons. The van der Waals surface area contributed by atoms with Crippen LogP contribution >= 0.6 is 27.5 Å². The van der Waals surface area contributed by atoms with E-state index in [9.17, 15) is 8.60 Å². The molecule has 0 fully saturated rings. The Labute approximate surface area is 126 Å². The summed E-state index contributed by atoms with van der Waals surface area (Å²) in [5, 5.41) is 0.0247. The van der Waals surface area contributed by atoms with Crippen LogP contribution in [0.5, 0.6) is 0 Å². The lowest BCUT2D eigenvalue weighted by Crippen LogP contribution is -2.01. The number of rotatable bonds is 3. The van der Waals surface area contributed by atoms with Crippen molar-refractivity contribution in [2.75, 3.05) is 5.73 Å². The average molecular weight is 363 g/mol. The van der Waals surface area contributed by atoms with Crippen LogP contribution in [0.1, 0.15) is 5.56 Å². The fourth-order valence-electron chi connectivity index (χ4n) is 1.56. The van der Waals surface area contributed by atoms with E-state index >= 15 is 0 Å². The van der Waals surface area contributed by atoms with Crippen LogP contribution in [0.15, 0.2) is 45.8 Å². The molecule has 2 aromatic carbocycles. The van der Waals surface area contributed by atoms with Gasteiger partial charge in [-0.3, -0.25) is 4.21 Å². The van der Waals surface area contributed by atoms with Gasteiger partial charge in [0.2, 0.25) is 0 Å². The number of hydrogen-bond acceptors (Lipinski definition) is 2. The molecule has 2 aromatic rings. The van der Waals surface area contributed by atoms with Gasteiger partial charge >= 0.3 is 0 Å². The van der Waals surface area contributed by atoms with E-state index in [0.29, 0.717) is 16.1 Å². The van der Waals surface area contributed by atoms with Crippen molar-refractivity contribution < 1.29 is 8.60 Å².